The Labute approximate surface area is 177 Å². The lowest BCUT2D eigenvalue weighted by Gasteiger charge is -2.26. The van der Waals surface area contributed by atoms with Gasteiger partial charge in [0, 0.05) is 32.1 Å². The Balaban J connectivity index is 1.83. The molecule has 0 saturated carbocycles. The number of carbonyl (C=O) groups excluding carboxylic acids is 2. The molecule has 2 saturated heterocycles. The molecule has 1 aromatic rings. The monoisotopic (exact) mass is 439 g/mol. The molecule has 0 bridgehead atoms. The van der Waals surface area contributed by atoms with Crippen LogP contribution in [0.5, 0.6) is 5.75 Å². The zero-order valence-corrected chi connectivity index (χ0v) is 18.4. The maximum Gasteiger partial charge on any atom is 0.243 e. The van der Waals surface area contributed by atoms with Gasteiger partial charge in [0.1, 0.15) is 5.75 Å². The summed E-state index contributed by atoms with van der Waals surface area (Å²) >= 11 is 0. The Hall–Kier alpha value is -2.17. The number of sulfonamides is 1. The maximum atomic E-state index is 13.0. The molecule has 0 aromatic heterocycles. The summed E-state index contributed by atoms with van der Waals surface area (Å²) in [6.07, 6.45) is 0.139. The van der Waals surface area contributed by atoms with Crippen molar-refractivity contribution in [2.75, 3.05) is 44.8 Å². The van der Waals surface area contributed by atoms with E-state index in [9.17, 15) is 18.0 Å². The van der Waals surface area contributed by atoms with Crippen LogP contribution in [-0.2, 0) is 24.3 Å². The third kappa shape index (κ3) is 4.76. The molecule has 1 N–H and O–H groups in total. The van der Waals surface area contributed by atoms with Gasteiger partial charge in [-0.05, 0) is 39.0 Å². The van der Waals surface area contributed by atoms with Gasteiger partial charge >= 0.3 is 0 Å². The van der Waals surface area contributed by atoms with Gasteiger partial charge < -0.3 is 19.7 Å². The lowest BCUT2D eigenvalue weighted by Crippen LogP contribution is -2.40. The first-order chi connectivity index (χ1) is 14.2. The van der Waals surface area contributed by atoms with E-state index in [2.05, 4.69) is 5.32 Å². The molecule has 3 rings (SSSR count). The first-order valence-corrected chi connectivity index (χ1v) is 11.6. The molecule has 2 amide bonds. The second-order valence-corrected chi connectivity index (χ2v) is 9.58. The van der Waals surface area contributed by atoms with E-state index in [-0.39, 0.29) is 47.9 Å². The number of likely N-dealkylation sites (tertiary alicyclic amines) is 1. The normalized spacial score (nSPS) is 20.6. The van der Waals surface area contributed by atoms with E-state index in [0.29, 0.717) is 32.1 Å². The Kier molecular flexibility index (Phi) is 6.99. The fourth-order valence-corrected chi connectivity index (χ4v) is 5.06. The Morgan fingerprint density at radius 2 is 2.00 bits per heavy atom. The third-order valence-electron chi connectivity index (χ3n) is 5.27. The summed E-state index contributed by atoms with van der Waals surface area (Å²) in [5.74, 6) is -0.488. The molecule has 9 nitrogen and oxygen atoms in total. The number of rotatable bonds is 7. The number of anilines is 1. The van der Waals surface area contributed by atoms with Crippen molar-refractivity contribution in [3.8, 4) is 5.75 Å². The summed E-state index contributed by atoms with van der Waals surface area (Å²) < 4.78 is 38.1. The highest BCUT2D eigenvalue weighted by molar-refractivity contribution is 7.89. The van der Waals surface area contributed by atoms with Gasteiger partial charge in [0.25, 0.3) is 0 Å². The summed E-state index contributed by atoms with van der Waals surface area (Å²) in [5, 5.41) is 2.78. The molecule has 2 aliphatic rings. The Bertz CT molecular complexity index is 896. The second-order valence-electron chi connectivity index (χ2n) is 7.64. The predicted octanol–water partition coefficient (Wildman–Crippen LogP) is 1.30. The van der Waals surface area contributed by atoms with Crippen LogP contribution in [0.1, 0.15) is 27.2 Å². The number of hydrogen-bond donors (Lipinski definition) is 1. The largest absolute Gasteiger partial charge is 0.492 e. The Morgan fingerprint density at radius 3 is 2.60 bits per heavy atom. The number of carbonyl (C=O) groups is 2. The van der Waals surface area contributed by atoms with Crippen LogP contribution in [0.15, 0.2) is 23.1 Å². The fraction of sp³-hybridized carbons (Fsp3) is 0.600. The van der Waals surface area contributed by atoms with E-state index >= 15 is 0 Å². The predicted molar refractivity (Wildman–Crippen MR) is 111 cm³/mol. The van der Waals surface area contributed by atoms with E-state index in [0.717, 1.165) is 0 Å². The zero-order valence-electron chi connectivity index (χ0n) is 17.6. The van der Waals surface area contributed by atoms with Crippen LogP contribution >= 0.6 is 0 Å². The van der Waals surface area contributed by atoms with Gasteiger partial charge in [-0.3, -0.25) is 9.59 Å². The van der Waals surface area contributed by atoms with Crippen molar-refractivity contribution in [3.63, 3.8) is 0 Å². The van der Waals surface area contributed by atoms with Crippen molar-refractivity contribution in [2.45, 2.75) is 38.1 Å². The summed E-state index contributed by atoms with van der Waals surface area (Å²) in [7, 11) is -3.72. The van der Waals surface area contributed by atoms with Gasteiger partial charge in [0.05, 0.1) is 36.3 Å². The SMILES string of the molecule is CCOc1ccc(S(=O)(=O)N2CCOCC2)cc1NC(=O)C1CC(=O)N(C(C)C)C1. The standard InChI is InChI=1S/C20H29N3O6S/c1-4-29-18-6-5-16(30(26,27)22-7-9-28-10-8-22)12-17(18)21-20(25)15-11-19(24)23(13-15)14(2)3/h5-6,12,14-15H,4,7-11,13H2,1-3H3,(H,21,25). The number of nitrogens with zero attached hydrogens (tertiary/aromatic N) is 2. The van der Waals surface area contributed by atoms with Crippen LogP contribution in [-0.4, -0.2) is 74.9 Å². The second kappa shape index (κ2) is 9.32. The summed E-state index contributed by atoms with van der Waals surface area (Å²) in [4.78, 5) is 26.7. The van der Waals surface area contributed by atoms with Gasteiger partial charge in [-0.15, -0.1) is 0 Å². The summed E-state index contributed by atoms with van der Waals surface area (Å²) in [6, 6.07) is 4.47. The molecule has 0 spiro atoms. The van der Waals surface area contributed by atoms with Crippen molar-refractivity contribution < 1.29 is 27.5 Å². The van der Waals surface area contributed by atoms with Crippen LogP contribution in [0, 0.1) is 5.92 Å². The molecule has 0 radical (unpaired) electrons. The average Bonchev–Trinajstić information content (AvgIpc) is 3.12. The number of hydrogen-bond acceptors (Lipinski definition) is 6. The van der Waals surface area contributed by atoms with Crippen LogP contribution in [0.2, 0.25) is 0 Å². The molecular formula is C20H29N3O6S. The van der Waals surface area contributed by atoms with Crippen LogP contribution in [0.4, 0.5) is 5.69 Å². The minimum absolute atomic E-state index is 0.0243. The summed E-state index contributed by atoms with van der Waals surface area (Å²) in [6.45, 7) is 7.60. The van der Waals surface area contributed by atoms with Crippen LogP contribution < -0.4 is 10.1 Å². The number of amides is 2. The first-order valence-electron chi connectivity index (χ1n) is 10.2. The van der Waals surface area contributed by atoms with Crippen molar-refractivity contribution in [1.82, 2.24) is 9.21 Å². The smallest absolute Gasteiger partial charge is 0.243 e. The quantitative estimate of drug-likeness (QED) is 0.687. The first kappa shape index (κ1) is 22.5. The van der Waals surface area contributed by atoms with E-state index in [1.807, 2.05) is 13.8 Å². The average molecular weight is 440 g/mol. The van der Waals surface area contributed by atoms with Gasteiger partial charge in [0.15, 0.2) is 0 Å². The summed E-state index contributed by atoms with van der Waals surface area (Å²) in [5.41, 5.74) is 0.284. The van der Waals surface area contributed by atoms with Crippen molar-refractivity contribution >= 4 is 27.5 Å². The topological polar surface area (TPSA) is 105 Å². The zero-order chi connectivity index (χ0) is 21.9. The lowest BCUT2D eigenvalue weighted by molar-refractivity contribution is -0.129. The molecule has 1 atom stereocenters. The van der Waals surface area contributed by atoms with Gasteiger partial charge in [-0.25, -0.2) is 8.42 Å². The number of morpholine rings is 1. The number of ether oxygens (including phenoxy) is 2. The van der Waals surface area contributed by atoms with E-state index < -0.39 is 15.9 Å². The minimum atomic E-state index is -3.72. The molecule has 1 aromatic carbocycles. The van der Waals surface area contributed by atoms with Crippen molar-refractivity contribution in [3.05, 3.63) is 18.2 Å². The van der Waals surface area contributed by atoms with E-state index in [4.69, 9.17) is 9.47 Å². The lowest BCUT2D eigenvalue weighted by atomic mass is 10.1. The molecule has 10 heteroatoms. The molecule has 2 fully saturated rings. The molecule has 0 aliphatic carbocycles. The molecule has 166 valence electrons. The molecule has 30 heavy (non-hydrogen) atoms. The Morgan fingerprint density at radius 1 is 1.30 bits per heavy atom. The number of benzene rings is 1. The highest BCUT2D eigenvalue weighted by atomic mass is 32.2. The molecule has 1 unspecified atom stereocenters. The number of nitrogens with one attached hydrogen (secondary N) is 1. The molecular weight excluding hydrogens is 410 g/mol. The fourth-order valence-electron chi connectivity index (χ4n) is 3.63. The maximum absolute atomic E-state index is 13.0. The van der Waals surface area contributed by atoms with E-state index in [1.165, 1.54) is 16.4 Å². The molecule has 2 heterocycles. The van der Waals surface area contributed by atoms with Gasteiger partial charge in [0.2, 0.25) is 21.8 Å². The highest BCUT2D eigenvalue weighted by Crippen LogP contribution is 2.31. The third-order valence-corrected chi connectivity index (χ3v) is 7.16. The van der Waals surface area contributed by atoms with Crippen LogP contribution in [0.25, 0.3) is 0 Å². The van der Waals surface area contributed by atoms with Crippen molar-refractivity contribution in [1.29, 1.82) is 0 Å². The molecule has 2 aliphatic heterocycles. The van der Waals surface area contributed by atoms with Crippen LogP contribution in [0.3, 0.4) is 0 Å². The van der Waals surface area contributed by atoms with Gasteiger partial charge in [-0.2, -0.15) is 4.31 Å². The highest BCUT2D eigenvalue weighted by Gasteiger charge is 2.36. The van der Waals surface area contributed by atoms with E-state index in [1.54, 1.807) is 17.9 Å². The van der Waals surface area contributed by atoms with Crippen molar-refractivity contribution in [2.24, 2.45) is 5.92 Å². The van der Waals surface area contributed by atoms with Gasteiger partial charge in [-0.1, -0.05) is 0 Å². The minimum Gasteiger partial charge on any atom is -0.492 e.